The summed E-state index contributed by atoms with van der Waals surface area (Å²) in [6, 6.07) is 11.8. The number of nitrogens with zero attached hydrogens (tertiary/aromatic N) is 1. The molecule has 76 valence electrons. The third-order valence-electron chi connectivity index (χ3n) is 2.27. The summed E-state index contributed by atoms with van der Waals surface area (Å²) in [4.78, 5) is 4.18. The maximum Gasteiger partial charge on any atom is 0.148 e. The molecule has 2 heteroatoms. The molecule has 0 aliphatic carbocycles. The van der Waals surface area contributed by atoms with Crippen molar-refractivity contribution >= 4 is 0 Å². The zero-order chi connectivity index (χ0) is 10.7. The fraction of sp³-hybridized carbons (Fsp3) is 0.154. The molecule has 1 aromatic heterocycles. The minimum atomic E-state index is 0.812. The molecule has 0 spiro atoms. The lowest BCUT2D eigenvalue weighted by Gasteiger charge is -2.09. The van der Waals surface area contributed by atoms with Gasteiger partial charge >= 0.3 is 0 Å². The van der Waals surface area contributed by atoms with Crippen LogP contribution in [0.5, 0.6) is 11.5 Å². The number of hydrogen-bond donors (Lipinski definition) is 0. The molecule has 2 rings (SSSR count). The SMILES string of the molecule is Cc1ccccc1Oc1cccnc1C. The summed E-state index contributed by atoms with van der Waals surface area (Å²) >= 11 is 0. The van der Waals surface area contributed by atoms with E-state index in [0.29, 0.717) is 0 Å². The fourth-order valence-corrected chi connectivity index (χ4v) is 1.37. The van der Waals surface area contributed by atoms with Crippen LogP contribution in [0.15, 0.2) is 42.6 Å². The van der Waals surface area contributed by atoms with Gasteiger partial charge in [-0.25, -0.2) is 0 Å². The van der Waals surface area contributed by atoms with E-state index in [-0.39, 0.29) is 0 Å². The number of rotatable bonds is 2. The molecule has 0 aliphatic heterocycles. The molecule has 2 nitrogen and oxygen atoms in total. The van der Waals surface area contributed by atoms with Crippen molar-refractivity contribution < 1.29 is 4.74 Å². The highest BCUT2D eigenvalue weighted by atomic mass is 16.5. The maximum atomic E-state index is 5.78. The Bertz CT molecular complexity index is 422. The van der Waals surface area contributed by atoms with Crippen LogP contribution in [0, 0.1) is 13.8 Å². The van der Waals surface area contributed by atoms with E-state index in [9.17, 15) is 0 Å². The molecule has 1 aromatic carbocycles. The van der Waals surface area contributed by atoms with E-state index < -0.39 is 0 Å². The van der Waals surface area contributed by atoms with Gasteiger partial charge < -0.3 is 4.74 Å². The van der Waals surface area contributed by atoms with Gasteiger partial charge in [0.25, 0.3) is 0 Å². The topological polar surface area (TPSA) is 22.1 Å². The molecule has 0 atom stereocenters. The number of aromatic nitrogens is 1. The smallest absolute Gasteiger partial charge is 0.148 e. The summed E-state index contributed by atoms with van der Waals surface area (Å²) < 4.78 is 5.78. The van der Waals surface area contributed by atoms with Crippen LogP contribution in [0.3, 0.4) is 0 Å². The second-order valence-electron chi connectivity index (χ2n) is 3.45. The van der Waals surface area contributed by atoms with E-state index in [1.165, 1.54) is 0 Å². The lowest BCUT2D eigenvalue weighted by atomic mass is 10.2. The average Bonchev–Trinajstić information content (AvgIpc) is 2.24. The summed E-state index contributed by atoms with van der Waals surface area (Å²) in [7, 11) is 0. The van der Waals surface area contributed by atoms with Crippen molar-refractivity contribution in [1.29, 1.82) is 0 Å². The van der Waals surface area contributed by atoms with Crippen LogP contribution >= 0.6 is 0 Å². The van der Waals surface area contributed by atoms with Gasteiger partial charge in [0.1, 0.15) is 11.5 Å². The van der Waals surface area contributed by atoms with Crippen LogP contribution in [0.4, 0.5) is 0 Å². The van der Waals surface area contributed by atoms with Crippen molar-refractivity contribution in [3.8, 4) is 11.5 Å². The van der Waals surface area contributed by atoms with Gasteiger partial charge in [-0.05, 0) is 37.6 Å². The molecule has 0 saturated heterocycles. The zero-order valence-electron chi connectivity index (χ0n) is 8.90. The van der Waals surface area contributed by atoms with Gasteiger partial charge in [-0.1, -0.05) is 18.2 Å². The third kappa shape index (κ3) is 2.15. The van der Waals surface area contributed by atoms with E-state index in [0.717, 1.165) is 22.8 Å². The highest BCUT2D eigenvalue weighted by Gasteiger charge is 2.02. The highest BCUT2D eigenvalue weighted by Crippen LogP contribution is 2.25. The molecular weight excluding hydrogens is 186 g/mol. The van der Waals surface area contributed by atoms with Crippen molar-refractivity contribution in [2.45, 2.75) is 13.8 Å². The molecular formula is C13H13NO. The quantitative estimate of drug-likeness (QED) is 0.738. The van der Waals surface area contributed by atoms with Gasteiger partial charge in [0.2, 0.25) is 0 Å². The number of para-hydroxylation sites is 1. The van der Waals surface area contributed by atoms with Crippen LogP contribution in [0.25, 0.3) is 0 Å². The Hall–Kier alpha value is -1.83. The standard InChI is InChI=1S/C13H13NO/c1-10-6-3-4-7-12(10)15-13-8-5-9-14-11(13)2/h3-9H,1-2H3. The number of ether oxygens (including phenoxy) is 1. The summed E-state index contributed by atoms with van der Waals surface area (Å²) in [6.07, 6.45) is 1.76. The first-order valence-corrected chi connectivity index (χ1v) is 4.92. The Labute approximate surface area is 89.6 Å². The molecule has 0 radical (unpaired) electrons. The molecule has 0 bridgehead atoms. The first-order valence-electron chi connectivity index (χ1n) is 4.92. The second kappa shape index (κ2) is 4.13. The molecule has 0 amide bonds. The van der Waals surface area contributed by atoms with Crippen LogP contribution in [-0.4, -0.2) is 4.98 Å². The Morgan fingerprint density at radius 1 is 0.933 bits per heavy atom. The number of benzene rings is 1. The van der Waals surface area contributed by atoms with Gasteiger partial charge in [-0.3, -0.25) is 4.98 Å². The first-order chi connectivity index (χ1) is 7.27. The molecule has 0 unspecified atom stereocenters. The Balaban J connectivity index is 2.30. The second-order valence-corrected chi connectivity index (χ2v) is 3.45. The molecule has 1 heterocycles. The minimum Gasteiger partial charge on any atom is -0.455 e. The van der Waals surface area contributed by atoms with Crippen LogP contribution in [0.1, 0.15) is 11.3 Å². The molecule has 0 saturated carbocycles. The molecule has 0 fully saturated rings. The zero-order valence-corrected chi connectivity index (χ0v) is 8.90. The number of pyridine rings is 1. The van der Waals surface area contributed by atoms with Gasteiger partial charge in [-0.15, -0.1) is 0 Å². The Kier molecular flexibility index (Phi) is 2.68. The highest BCUT2D eigenvalue weighted by molar-refractivity contribution is 5.37. The van der Waals surface area contributed by atoms with E-state index >= 15 is 0 Å². The van der Waals surface area contributed by atoms with Gasteiger partial charge in [0.15, 0.2) is 0 Å². The monoisotopic (exact) mass is 199 g/mol. The largest absolute Gasteiger partial charge is 0.455 e. The number of aryl methyl sites for hydroxylation is 2. The molecule has 0 N–H and O–H groups in total. The Morgan fingerprint density at radius 2 is 1.67 bits per heavy atom. The lowest BCUT2D eigenvalue weighted by Crippen LogP contribution is -1.91. The van der Waals surface area contributed by atoms with Crippen molar-refractivity contribution in [3.05, 3.63) is 53.9 Å². The van der Waals surface area contributed by atoms with E-state index in [4.69, 9.17) is 4.74 Å². The third-order valence-corrected chi connectivity index (χ3v) is 2.27. The van der Waals surface area contributed by atoms with Gasteiger partial charge in [0.05, 0.1) is 5.69 Å². The minimum absolute atomic E-state index is 0.812. The van der Waals surface area contributed by atoms with E-state index in [1.807, 2.05) is 50.2 Å². The fourth-order valence-electron chi connectivity index (χ4n) is 1.37. The van der Waals surface area contributed by atoms with Gasteiger partial charge in [-0.2, -0.15) is 0 Å². The molecule has 2 aromatic rings. The Morgan fingerprint density at radius 3 is 2.40 bits per heavy atom. The van der Waals surface area contributed by atoms with Crippen LogP contribution in [-0.2, 0) is 0 Å². The first kappa shape index (κ1) is 9.71. The lowest BCUT2D eigenvalue weighted by molar-refractivity contribution is 0.472. The van der Waals surface area contributed by atoms with Crippen molar-refractivity contribution in [1.82, 2.24) is 4.98 Å². The van der Waals surface area contributed by atoms with E-state index in [2.05, 4.69) is 4.98 Å². The normalized spacial score (nSPS) is 10.0. The van der Waals surface area contributed by atoms with Crippen molar-refractivity contribution in [3.63, 3.8) is 0 Å². The van der Waals surface area contributed by atoms with E-state index in [1.54, 1.807) is 6.20 Å². The molecule has 15 heavy (non-hydrogen) atoms. The number of hydrogen-bond acceptors (Lipinski definition) is 2. The van der Waals surface area contributed by atoms with Crippen molar-refractivity contribution in [2.24, 2.45) is 0 Å². The van der Waals surface area contributed by atoms with Crippen LogP contribution in [0.2, 0.25) is 0 Å². The van der Waals surface area contributed by atoms with Crippen LogP contribution < -0.4 is 4.74 Å². The summed E-state index contributed by atoms with van der Waals surface area (Å²) in [5, 5.41) is 0. The summed E-state index contributed by atoms with van der Waals surface area (Å²) in [5.41, 5.74) is 2.03. The predicted molar refractivity (Wildman–Crippen MR) is 60.2 cm³/mol. The maximum absolute atomic E-state index is 5.78. The van der Waals surface area contributed by atoms with Gasteiger partial charge in [0, 0.05) is 6.20 Å². The summed E-state index contributed by atoms with van der Waals surface area (Å²) in [5.74, 6) is 1.69. The predicted octanol–water partition coefficient (Wildman–Crippen LogP) is 3.49. The molecule has 0 aliphatic rings. The average molecular weight is 199 g/mol. The van der Waals surface area contributed by atoms with Crippen molar-refractivity contribution in [2.75, 3.05) is 0 Å². The summed E-state index contributed by atoms with van der Waals surface area (Å²) in [6.45, 7) is 3.97.